The zero-order chi connectivity index (χ0) is 25.5. The van der Waals surface area contributed by atoms with E-state index >= 15 is 0 Å². The quantitative estimate of drug-likeness (QED) is 0.248. The standard InChI is InChI=1S/C26H30Cl2N4O4/c27-21-5-3-19(4-6-21)1-2-20-11-14-30(15-12-20)22-7-9-24(10-8-22)36-18-23(33)13-16-31-17-25(32(34)35)29-26(31)28/h3-10,17,20,23,33H,1-2,11-16,18H2. The van der Waals surface area contributed by atoms with Crippen LogP contribution in [0.2, 0.25) is 10.3 Å². The predicted molar refractivity (Wildman–Crippen MR) is 141 cm³/mol. The summed E-state index contributed by atoms with van der Waals surface area (Å²) in [6, 6.07) is 16.1. The van der Waals surface area contributed by atoms with Crippen LogP contribution in [0.15, 0.2) is 54.7 Å². The summed E-state index contributed by atoms with van der Waals surface area (Å²) >= 11 is 11.9. The molecule has 192 valence electrons. The summed E-state index contributed by atoms with van der Waals surface area (Å²) in [7, 11) is 0. The molecule has 1 fully saturated rings. The van der Waals surface area contributed by atoms with Crippen LogP contribution in [0, 0.1) is 16.0 Å². The van der Waals surface area contributed by atoms with Gasteiger partial charge in [-0.25, -0.2) is 0 Å². The van der Waals surface area contributed by atoms with E-state index in [9.17, 15) is 15.2 Å². The average molecular weight is 533 g/mol. The van der Waals surface area contributed by atoms with Crippen molar-refractivity contribution >= 4 is 34.7 Å². The lowest BCUT2D eigenvalue weighted by molar-refractivity contribution is -0.389. The molecule has 36 heavy (non-hydrogen) atoms. The normalized spacial score (nSPS) is 15.1. The number of imidazole rings is 1. The minimum absolute atomic E-state index is 0.0241. The molecule has 1 unspecified atom stereocenters. The highest BCUT2D eigenvalue weighted by Crippen LogP contribution is 2.28. The summed E-state index contributed by atoms with van der Waals surface area (Å²) in [6.07, 6.45) is 5.51. The average Bonchev–Trinajstić information content (AvgIpc) is 3.27. The summed E-state index contributed by atoms with van der Waals surface area (Å²) in [6.45, 7) is 2.50. The number of ether oxygens (including phenoxy) is 1. The fourth-order valence-electron chi connectivity index (χ4n) is 4.44. The predicted octanol–water partition coefficient (Wildman–Crippen LogP) is 5.78. The molecule has 10 heteroatoms. The van der Waals surface area contributed by atoms with E-state index in [2.05, 4.69) is 34.1 Å². The van der Waals surface area contributed by atoms with E-state index in [4.69, 9.17) is 27.9 Å². The fraction of sp³-hybridized carbons (Fsp3) is 0.423. The highest BCUT2D eigenvalue weighted by atomic mass is 35.5. The van der Waals surface area contributed by atoms with Gasteiger partial charge in [-0.05, 0) is 101 Å². The second kappa shape index (κ2) is 12.4. The van der Waals surface area contributed by atoms with Gasteiger partial charge < -0.3 is 24.9 Å². The fourth-order valence-corrected chi connectivity index (χ4v) is 4.79. The van der Waals surface area contributed by atoms with Crippen LogP contribution in [0.4, 0.5) is 11.5 Å². The van der Waals surface area contributed by atoms with Crippen molar-refractivity contribution in [2.24, 2.45) is 5.92 Å². The van der Waals surface area contributed by atoms with E-state index in [0.717, 1.165) is 30.5 Å². The van der Waals surface area contributed by atoms with Crippen molar-refractivity contribution in [1.29, 1.82) is 0 Å². The Kier molecular flexibility index (Phi) is 9.07. The number of rotatable bonds is 11. The highest BCUT2D eigenvalue weighted by Gasteiger charge is 2.20. The third-order valence-electron chi connectivity index (χ3n) is 6.62. The van der Waals surface area contributed by atoms with Crippen LogP contribution in [0.5, 0.6) is 5.75 Å². The molecular formula is C26H30Cl2N4O4. The smallest absolute Gasteiger partial charge is 0.383 e. The van der Waals surface area contributed by atoms with Gasteiger partial charge in [0, 0.05) is 30.3 Å². The van der Waals surface area contributed by atoms with Gasteiger partial charge in [-0.3, -0.25) is 4.57 Å². The summed E-state index contributed by atoms with van der Waals surface area (Å²) < 4.78 is 7.17. The molecule has 1 aliphatic rings. The Balaban J connectivity index is 1.16. The maximum absolute atomic E-state index is 10.8. The van der Waals surface area contributed by atoms with Crippen molar-refractivity contribution in [3.05, 3.63) is 80.7 Å². The van der Waals surface area contributed by atoms with E-state index in [1.807, 2.05) is 24.3 Å². The van der Waals surface area contributed by atoms with Crippen molar-refractivity contribution in [2.45, 2.75) is 44.8 Å². The van der Waals surface area contributed by atoms with Crippen LogP contribution in [0.1, 0.15) is 31.2 Å². The molecule has 2 heterocycles. The zero-order valence-electron chi connectivity index (χ0n) is 19.9. The molecule has 1 atom stereocenters. The first kappa shape index (κ1) is 26.3. The van der Waals surface area contributed by atoms with Gasteiger partial charge in [-0.15, -0.1) is 0 Å². The Hall–Kier alpha value is -2.81. The lowest BCUT2D eigenvalue weighted by Crippen LogP contribution is -2.33. The Morgan fingerprint density at radius 3 is 2.44 bits per heavy atom. The maximum atomic E-state index is 10.8. The van der Waals surface area contributed by atoms with Gasteiger partial charge in [0.15, 0.2) is 0 Å². The van der Waals surface area contributed by atoms with Crippen molar-refractivity contribution in [3.63, 3.8) is 0 Å². The van der Waals surface area contributed by atoms with E-state index in [1.165, 1.54) is 41.3 Å². The molecule has 0 saturated carbocycles. The Morgan fingerprint density at radius 2 is 1.81 bits per heavy atom. The topological polar surface area (TPSA) is 93.7 Å². The van der Waals surface area contributed by atoms with Gasteiger partial charge in [0.1, 0.15) is 18.6 Å². The van der Waals surface area contributed by atoms with Gasteiger partial charge in [-0.2, -0.15) is 0 Å². The molecule has 0 spiro atoms. The molecule has 1 aromatic heterocycles. The lowest BCUT2D eigenvalue weighted by Gasteiger charge is -2.33. The summed E-state index contributed by atoms with van der Waals surface area (Å²) in [5, 5.41) is 21.8. The van der Waals surface area contributed by atoms with Crippen molar-refractivity contribution in [2.75, 3.05) is 24.6 Å². The largest absolute Gasteiger partial charge is 0.491 e. The van der Waals surface area contributed by atoms with E-state index in [0.29, 0.717) is 18.7 Å². The molecule has 8 nitrogen and oxygen atoms in total. The van der Waals surface area contributed by atoms with Crippen LogP contribution in [0.25, 0.3) is 0 Å². The van der Waals surface area contributed by atoms with Crippen molar-refractivity contribution in [3.8, 4) is 5.75 Å². The first-order valence-electron chi connectivity index (χ1n) is 12.1. The zero-order valence-corrected chi connectivity index (χ0v) is 21.4. The number of hydrogen-bond acceptors (Lipinski definition) is 6. The summed E-state index contributed by atoms with van der Waals surface area (Å²) in [4.78, 5) is 16.3. The Morgan fingerprint density at radius 1 is 1.11 bits per heavy atom. The second-order valence-electron chi connectivity index (χ2n) is 9.16. The Bertz CT molecular complexity index is 1130. The van der Waals surface area contributed by atoms with E-state index in [-0.39, 0.29) is 17.7 Å². The number of aliphatic hydroxyl groups is 1. The van der Waals surface area contributed by atoms with Gasteiger partial charge in [0.2, 0.25) is 0 Å². The summed E-state index contributed by atoms with van der Waals surface area (Å²) in [5.74, 6) is 1.12. The van der Waals surface area contributed by atoms with E-state index in [1.54, 1.807) is 0 Å². The molecule has 4 rings (SSSR count). The van der Waals surface area contributed by atoms with Gasteiger partial charge in [0.05, 0.1) is 6.10 Å². The van der Waals surface area contributed by atoms with E-state index < -0.39 is 11.0 Å². The number of piperidine rings is 1. The van der Waals surface area contributed by atoms with Gasteiger partial charge >= 0.3 is 11.1 Å². The van der Waals surface area contributed by atoms with Crippen molar-refractivity contribution < 1.29 is 14.8 Å². The van der Waals surface area contributed by atoms with Crippen LogP contribution in [0.3, 0.4) is 0 Å². The molecule has 1 saturated heterocycles. The lowest BCUT2D eigenvalue weighted by atomic mass is 9.90. The number of aliphatic hydroxyl groups excluding tert-OH is 1. The molecule has 2 aromatic carbocycles. The molecule has 1 aliphatic heterocycles. The molecule has 0 aliphatic carbocycles. The third-order valence-corrected chi connectivity index (χ3v) is 7.17. The Labute approximate surface area is 220 Å². The molecule has 3 aromatic rings. The summed E-state index contributed by atoms with van der Waals surface area (Å²) in [5.41, 5.74) is 2.52. The van der Waals surface area contributed by atoms with Crippen LogP contribution in [-0.4, -0.2) is 45.4 Å². The number of aryl methyl sites for hydroxylation is 2. The van der Waals surface area contributed by atoms with Crippen LogP contribution in [-0.2, 0) is 13.0 Å². The minimum atomic E-state index is -0.742. The SMILES string of the molecule is O=[N+]([O-])c1cn(CCC(O)COc2ccc(N3CCC(CCc4ccc(Cl)cc4)CC3)cc2)c(Cl)n1. The number of benzene rings is 2. The number of aromatic nitrogens is 2. The molecule has 0 bridgehead atoms. The number of nitrogens with zero attached hydrogens (tertiary/aromatic N) is 4. The van der Waals surface area contributed by atoms with Gasteiger partial charge in [0.25, 0.3) is 0 Å². The number of hydrogen-bond donors (Lipinski definition) is 1. The van der Waals surface area contributed by atoms with Gasteiger partial charge in [-0.1, -0.05) is 23.7 Å². The monoisotopic (exact) mass is 532 g/mol. The molecular weight excluding hydrogens is 503 g/mol. The molecule has 0 amide bonds. The molecule has 1 N–H and O–H groups in total. The van der Waals surface area contributed by atoms with Crippen LogP contribution < -0.4 is 9.64 Å². The number of anilines is 1. The highest BCUT2D eigenvalue weighted by molar-refractivity contribution is 6.30. The third kappa shape index (κ3) is 7.35. The van der Waals surface area contributed by atoms with Crippen LogP contribution >= 0.6 is 23.2 Å². The van der Waals surface area contributed by atoms with Crippen molar-refractivity contribution in [1.82, 2.24) is 9.55 Å². The first-order valence-corrected chi connectivity index (χ1v) is 12.9. The number of halogens is 2. The maximum Gasteiger partial charge on any atom is 0.383 e. The first-order chi connectivity index (χ1) is 17.4. The minimum Gasteiger partial charge on any atom is -0.491 e. The second-order valence-corrected chi connectivity index (χ2v) is 9.94. The number of nitro groups is 1. The molecule has 0 radical (unpaired) electrons.